The number of nitrogens with two attached hydrogens (primary N) is 1. The van der Waals surface area contributed by atoms with Gasteiger partial charge in [-0.05, 0) is 67.1 Å². The molecule has 2 N–H and O–H groups in total. The third kappa shape index (κ3) is 5.99. The minimum absolute atomic E-state index is 0.0706. The fraction of sp³-hybridized carbons (Fsp3) is 0.290. The average Bonchev–Trinajstić information content (AvgIpc) is 3.44. The van der Waals surface area contributed by atoms with Crippen molar-refractivity contribution in [2.75, 3.05) is 13.1 Å². The molecule has 0 saturated carbocycles. The van der Waals surface area contributed by atoms with Gasteiger partial charge >= 0.3 is 0 Å². The molecule has 0 bridgehead atoms. The van der Waals surface area contributed by atoms with Gasteiger partial charge < -0.3 is 15.1 Å². The summed E-state index contributed by atoms with van der Waals surface area (Å²) >= 11 is 0. The maximum absolute atomic E-state index is 13.6. The summed E-state index contributed by atoms with van der Waals surface area (Å²) in [6.45, 7) is 7.30. The van der Waals surface area contributed by atoms with Gasteiger partial charge in [0.25, 0.3) is 5.91 Å². The quantitative estimate of drug-likeness (QED) is 0.284. The molecule has 7 heteroatoms. The first kappa shape index (κ1) is 26.8. The molecule has 0 radical (unpaired) electrons. The van der Waals surface area contributed by atoms with Crippen LogP contribution in [0.2, 0.25) is 0 Å². The Morgan fingerprint density at radius 1 is 0.974 bits per heavy atom. The first-order valence-electron chi connectivity index (χ1n) is 13.0. The van der Waals surface area contributed by atoms with Crippen molar-refractivity contribution in [3.05, 3.63) is 95.4 Å². The molecule has 0 aliphatic carbocycles. The van der Waals surface area contributed by atoms with E-state index in [0.717, 1.165) is 29.5 Å². The van der Waals surface area contributed by atoms with E-state index in [-0.39, 0.29) is 11.8 Å². The molecule has 1 amide bonds. The van der Waals surface area contributed by atoms with Crippen LogP contribution in [0, 0.1) is 11.3 Å². The van der Waals surface area contributed by atoms with Crippen LogP contribution in [0.3, 0.4) is 0 Å². The van der Waals surface area contributed by atoms with Crippen LogP contribution in [-0.4, -0.2) is 34.1 Å². The summed E-state index contributed by atoms with van der Waals surface area (Å²) in [5.41, 5.74) is 9.88. The van der Waals surface area contributed by atoms with Crippen LogP contribution in [0.25, 0.3) is 22.6 Å². The van der Waals surface area contributed by atoms with Gasteiger partial charge in [0.1, 0.15) is 0 Å². The second-order valence-electron chi connectivity index (χ2n) is 9.74. The Balaban J connectivity index is 1.78. The largest absolute Gasteiger partial charge is 0.419 e. The molecule has 0 spiro atoms. The van der Waals surface area contributed by atoms with Gasteiger partial charge in [-0.25, -0.2) is 0 Å². The molecule has 0 fully saturated rings. The predicted molar refractivity (Wildman–Crippen MR) is 148 cm³/mol. The minimum atomic E-state index is -0.880. The maximum atomic E-state index is 13.6. The highest BCUT2D eigenvalue weighted by Gasteiger charge is 2.29. The van der Waals surface area contributed by atoms with Crippen LogP contribution in [0.1, 0.15) is 61.0 Å². The van der Waals surface area contributed by atoms with Gasteiger partial charge in [-0.15, -0.1) is 10.2 Å². The molecule has 4 aromatic rings. The van der Waals surface area contributed by atoms with Gasteiger partial charge in [0.2, 0.25) is 11.8 Å². The Kier molecular flexibility index (Phi) is 8.35. The average molecular weight is 508 g/mol. The number of hydrogen-bond donors (Lipinski definition) is 1. The number of aromatic nitrogens is 2. The summed E-state index contributed by atoms with van der Waals surface area (Å²) in [5.74, 6) is 0.511. The number of amides is 1. The summed E-state index contributed by atoms with van der Waals surface area (Å²) in [7, 11) is 0. The molecule has 38 heavy (non-hydrogen) atoms. The van der Waals surface area contributed by atoms with Crippen LogP contribution < -0.4 is 5.73 Å². The van der Waals surface area contributed by atoms with E-state index >= 15 is 0 Å². The molecule has 7 nitrogen and oxygen atoms in total. The Hall–Kier alpha value is -4.28. The van der Waals surface area contributed by atoms with Crippen LogP contribution in [-0.2, 0) is 12.0 Å². The molecule has 0 aliphatic heterocycles. The highest BCUT2D eigenvalue weighted by Crippen LogP contribution is 2.32. The van der Waals surface area contributed by atoms with E-state index in [1.54, 1.807) is 12.1 Å². The minimum Gasteiger partial charge on any atom is -0.419 e. The van der Waals surface area contributed by atoms with Crippen molar-refractivity contribution < 1.29 is 9.21 Å². The third-order valence-electron chi connectivity index (χ3n) is 6.39. The van der Waals surface area contributed by atoms with Crippen LogP contribution in [0.4, 0.5) is 0 Å². The zero-order chi connectivity index (χ0) is 27.1. The zero-order valence-electron chi connectivity index (χ0n) is 22.1. The number of rotatable bonds is 10. The maximum Gasteiger partial charge on any atom is 0.253 e. The second-order valence-corrected chi connectivity index (χ2v) is 9.74. The molecule has 3 aromatic carbocycles. The van der Waals surface area contributed by atoms with Gasteiger partial charge in [0.05, 0.1) is 17.2 Å². The number of nitrogens with zero attached hydrogens (tertiary/aromatic N) is 4. The first-order chi connectivity index (χ1) is 18.4. The lowest BCUT2D eigenvalue weighted by molar-refractivity contribution is 0.0755. The van der Waals surface area contributed by atoms with Crippen molar-refractivity contribution in [1.82, 2.24) is 15.1 Å². The molecule has 0 unspecified atom stereocenters. The van der Waals surface area contributed by atoms with E-state index in [4.69, 9.17) is 10.2 Å². The molecule has 1 aromatic heterocycles. The van der Waals surface area contributed by atoms with Crippen molar-refractivity contribution in [2.24, 2.45) is 5.73 Å². The molecule has 0 saturated heterocycles. The number of hydrogen-bond acceptors (Lipinski definition) is 6. The highest BCUT2D eigenvalue weighted by atomic mass is 16.4. The number of nitriles is 1. The molecule has 1 atom stereocenters. The van der Waals surface area contributed by atoms with Crippen LogP contribution >= 0.6 is 0 Å². The van der Waals surface area contributed by atoms with E-state index in [1.807, 2.05) is 72.5 Å². The van der Waals surface area contributed by atoms with Gasteiger partial charge in [-0.3, -0.25) is 4.79 Å². The second kappa shape index (κ2) is 11.8. The third-order valence-corrected chi connectivity index (χ3v) is 6.39. The number of carbonyl (C=O) groups is 1. The summed E-state index contributed by atoms with van der Waals surface area (Å²) in [4.78, 5) is 15.4. The van der Waals surface area contributed by atoms with Crippen molar-refractivity contribution in [3.8, 4) is 28.7 Å². The van der Waals surface area contributed by atoms with Crippen molar-refractivity contribution in [3.63, 3.8) is 0 Å². The standard InChI is InChI=1S/C31H33N5O2/c1-4-15-36(16-5-2)29(37)26-18-24(27-14-10-9-13-23(27)21-32)17-25(19-26)28-34-35-30(38-28)31(3,33)20-22-11-7-6-8-12-22/h6-14,17-19H,4-5,15-16,20,33H2,1-3H3/t31-/m1/s1. The predicted octanol–water partition coefficient (Wildman–Crippen LogP) is 5.95. The Morgan fingerprint density at radius 3 is 2.32 bits per heavy atom. The fourth-order valence-electron chi connectivity index (χ4n) is 4.57. The van der Waals surface area contributed by atoms with E-state index in [2.05, 4.69) is 30.1 Å². The van der Waals surface area contributed by atoms with E-state index in [9.17, 15) is 10.1 Å². The summed E-state index contributed by atoms with van der Waals surface area (Å²) in [6.07, 6.45) is 2.25. The smallest absolute Gasteiger partial charge is 0.253 e. The van der Waals surface area contributed by atoms with Gasteiger partial charge in [-0.1, -0.05) is 62.4 Å². The molecule has 194 valence electrons. The Morgan fingerprint density at radius 2 is 1.63 bits per heavy atom. The Bertz CT molecular complexity index is 1430. The first-order valence-corrected chi connectivity index (χ1v) is 13.0. The van der Waals surface area contributed by atoms with Gasteiger partial charge in [0.15, 0.2) is 0 Å². The van der Waals surface area contributed by atoms with Crippen molar-refractivity contribution in [1.29, 1.82) is 5.26 Å². The van der Waals surface area contributed by atoms with E-state index in [0.29, 0.717) is 42.1 Å². The molecular formula is C31H33N5O2. The summed E-state index contributed by atoms with van der Waals surface area (Å²) in [5, 5.41) is 18.3. The van der Waals surface area contributed by atoms with E-state index in [1.165, 1.54) is 0 Å². The normalized spacial score (nSPS) is 12.5. The summed E-state index contributed by atoms with van der Waals surface area (Å²) < 4.78 is 6.11. The number of benzene rings is 3. The van der Waals surface area contributed by atoms with Crippen LogP contribution in [0.15, 0.2) is 77.2 Å². The summed E-state index contributed by atoms with van der Waals surface area (Å²) in [6, 6.07) is 25.0. The molecule has 1 heterocycles. The molecular weight excluding hydrogens is 474 g/mol. The van der Waals surface area contributed by atoms with Gasteiger partial charge in [-0.2, -0.15) is 5.26 Å². The highest BCUT2D eigenvalue weighted by molar-refractivity contribution is 5.97. The fourth-order valence-corrected chi connectivity index (χ4v) is 4.57. The number of carbonyl (C=O) groups excluding carboxylic acids is 1. The van der Waals surface area contributed by atoms with E-state index < -0.39 is 5.54 Å². The van der Waals surface area contributed by atoms with Gasteiger partial charge in [0, 0.05) is 24.2 Å². The Labute approximate surface area is 223 Å². The monoisotopic (exact) mass is 507 g/mol. The SMILES string of the molecule is CCCN(CCC)C(=O)c1cc(-c2nnc([C@](C)(N)Cc3ccccc3)o2)cc(-c2ccccc2C#N)c1. The van der Waals surface area contributed by atoms with Crippen LogP contribution in [0.5, 0.6) is 0 Å². The zero-order valence-corrected chi connectivity index (χ0v) is 22.1. The molecule has 0 aliphatic rings. The van der Waals surface area contributed by atoms with Crippen molar-refractivity contribution >= 4 is 5.91 Å². The molecule has 4 rings (SSSR count). The lowest BCUT2D eigenvalue weighted by Crippen LogP contribution is -2.35. The van der Waals surface area contributed by atoms with Crippen molar-refractivity contribution in [2.45, 2.75) is 45.6 Å². The topological polar surface area (TPSA) is 109 Å². The lowest BCUT2D eigenvalue weighted by Gasteiger charge is -2.22. The lowest BCUT2D eigenvalue weighted by atomic mass is 9.94.